The summed E-state index contributed by atoms with van der Waals surface area (Å²) >= 11 is 0. The molecule has 0 aromatic heterocycles. The number of hydrogen-bond acceptors (Lipinski definition) is 4. The normalized spacial score (nSPS) is 21.9. The molecule has 2 rings (SSSR count). The second-order valence-corrected chi connectivity index (χ2v) is 7.30. The van der Waals surface area contributed by atoms with E-state index < -0.39 is 34.0 Å². The van der Waals surface area contributed by atoms with Gasteiger partial charge in [-0.1, -0.05) is 17.7 Å². The van der Waals surface area contributed by atoms with Gasteiger partial charge in [-0.2, -0.15) is 0 Å². The first-order valence-electron chi connectivity index (χ1n) is 6.98. The Balaban J connectivity index is 2.18. The topological polar surface area (TPSA) is 124 Å². The maximum atomic E-state index is 12.3. The largest absolute Gasteiger partial charge is 0.481 e. The monoisotopic (exact) mass is 342 g/mol. The molecule has 0 aliphatic carbocycles. The van der Waals surface area contributed by atoms with Crippen molar-refractivity contribution >= 4 is 22.1 Å². The van der Waals surface area contributed by atoms with Gasteiger partial charge in [0.25, 0.3) is 0 Å². The van der Waals surface area contributed by atoms with E-state index in [1.807, 2.05) is 6.92 Å². The van der Waals surface area contributed by atoms with Gasteiger partial charge in [-0.3, -0.25) is 4.79 Å². The van der Waals surface area contributed by atoms with Gasteiger partial charge in [0.05, 0.1) is 10.8 Å². The van der Waals surface area contributed by atoms with Crippen molar-refractivity contribution in [2.75, 3.05) is 13.1 Å². The van der Waals surface area contributed by atoms with E-state index in [1.54, 1.807) is 12.1 Å². The number of sulfonamides is 1. The molecule has 1 amide bonds. The molecule has 1 aliphatic rings. The smallest absolute Gasteiger partial charge is 0.407 e. The van der Waals surface area contributed by atoms with Crippen molar-refractivity contribution in [3.8, 4) is 0 Å². The number of carbonyl (C=O) groups is 2. The lowest BCUT2D eigenvalue weighted by Gasteiger charge is -2.34. The number of amides is 1. The van der Waals surface area contributed by atoms with Crippen LogP contribution >= 0.6 is 0 Å². The van der Waals surface area contributed by atoms with Crippen LogP contribution in [-0.2, 0) is 14.8 Å². The molecule has 0 bridgehead atoms. The predicted molar refractivity (Wildman–Crippen MR) is 80.6 cm³/mol. The Morgan fingerprint density at radius 3 is 2.30 bits per heavy atom. The van der Waals surface area contributed by atoms with Crippen LogP contribution in [0.5, 0.6) is 0 Å². The van der Waals surface area contributed by atoms with Crippen LogP contribution in [0.3, 0.4) is 0 Å². The summed E-state index contributed by atoms with van der Waals surface area (Å²) in [4.78, 5) is 23.2. The molecule has 9 heteroatoms. The van der Waals surface area contributed by atoms with Crippen molar-refractivity contribution < 1.29 is 28.2 Å². The standard InChI is InChI=1S/C14H18N2O6S/c1-9-2-4-12(5-3-9)23(21,22)15-11-6-10(13(17)18)7-16(8-11)14(19)20/h2-5,10-11,15H,6-8H2,1H3,(H,17,18)(H,19,20)/t10-,11+/m0/s1. The number of nitrogens with one attached hydrogen (secondary N) is 1. The van der Waals surface area contributed by atoms with Crippen molar-refractivity contribution in [3.63, 3.8) is 0 Å². The van der Waals surface area contributed by atoms with Gasteiger partial charge in [-0.25, -0.2) is 17.9 Å². The van der Waals surface area contributed by atoms with Crippen LogP contribution in [0.1, 0.15) is 12.0 Å². The maximum absolute atomic E-state index is 12.3. The number of aliphatic carboxylic acids is 1. The predicted octanol–water partition coefficient (Wildman–Crippen LogP) is 0.726. The highest BCUT2D eigenvalue weighted by atomic mass is 32.2. The van der Waals surface area contributed by atoms with Crippen molar-refractivity contribution in [3.05, 3.63) is 29.8 Å². The van der Waals surface area contributed by atoms with Gasteiger partial charge in [0.15, 0.2) is 0 Å². The molecule has 1 fully saturated rings. The van der Waals surface area contributed by atoms with Gasteiger partial charge in [0, 0.05) is 19.1 Å². The van der Waals surface area contributed by atoms with Crippen molar-refractivity contribution in [1.82, 2.24) is 9.62 Å². The molecule has 1 aromatic carbocycles. The third-order valence-corrected chi connectivity index (χ3v) is 5.26. The Hall–Kier alpha value is -2.13. The second kappa shape index (κ2) is 6.55. The minimum absolute atomic E-state index is 0.0458. The molecular formula is C14H18N2O6S. The minimum atomic E-state index is -3.84. The van der Waals surface area contributed by atoms with Crippen LogP contribution in [0.4, 0.5) is 4.79 Å². The number of nitrogens with zero attached hydrogens (tertiary/aromatic N) is 1. The summed E-state index contributed by atoms with van der Waals surface area (Å²) in [5, 5.41) is 18.2. The first kappa shape index (κ1) is 17.2. The van der Waals surface area contributed by atoms with Gasteiger partial charge in [-0.05, 0) is 25.5 Å². The second-order valence-electron chi connectivity index (χ2n) is 5.59. The van der Waals surface area contributed by atoms with Crippen LogP contribution in [0.15, 0.2) is 29.2 Å². The Bertz CT molecular complexity index is 678. The van der Waals surface area contributed by atoms with E-state index >= 15 is 0 Å². The molecule has 3 N–H and O–H groups in total. The molecule has 0 saturated carbocycles. The first-order chi connectivity index (χ1) is 10.7. The zero-order valence-corrected chi connectivity index (χ0v) is 13.3. The molecular weight excluding hydrogens is 324 g/mol. The fourth-order valence-corrected chi connectivity index (χ4v) is 3.76. The Labute approximate surface area is 133 Å². The van der Waals surface area contributed by atoms with E-state index in [-0.39, 0.29) is 24.4 Å². The van der Waals surface area contributed by atoms with Crippen LogP contribution in [-0.4, -0.2) is 54.7 Å². The Morgan fingerprint density at radius 1 is 1.17 bits per heavy atom. The van der Waals surface area contributed by atoms with E-state index in [1.165, 1.54) is 12.1 Å². The molecule has 8 nitrogen and oxygen atoms in total. The molecule has 2 atom stereocenters. The number of piperidine rings is 1. The van der Waals surface area contributed by atoms with E-state index in [2.05, 4.69) is 4.72 Å². The average molecular weight is 342 g/mol. The van der Waals surface area contributed by atoms with Crippen LogP contribution in [0.2, 0.25) is 0 Å². The Morgan fingerprint density at radius 2 is 1.78 bits per heavy atom. The minimum Gasteiger partial charge on any atom is -0.481 e. The molecule has 1 saturated heterocycles. The highest BCUT2D eigenvalue weighted by Gasteiger charge is 2.35. The highest BCUT2D eigenvalue weighted by Crippen LogP contribution is 2.20. The quantitative estimate of drug-likeness (QED) is 0.741. The lowest BCUT2D eigenvalue weighted by Crippen LogP contribution is -2.53. The third kappa shape index (κ3) is 4.20. The number of carboxylic acid groups (broad SMARTS) is 2. The lowest BCUT2D eigenvalue weighted by atomic mass is 9.95. The average Bonchev–Trinajstić information content (AvgIpc) is 2.46. The van der Waals surface area contributed by atoms with E-state index in [4.69, 9.17) is 10.2 Å². The first-order valence-corrected chi connectivity index (χ1v) is 8.47. The number of likely N-dealkylation sites (tertiary alicyclic amines) is 1. The molecule has 0 radical (unpaired) electrons. The fraction of sp³-hybridized carbons (Fsp3) is 0.429. The van der Waals surface area contributed by atoms with Gasteiger partial charge < -0.3 is 15.1 Å². The van der Waals surface area contributed by atoms with Crippen molar-refractivity contribution in [2.45, 2.75) is 24.3 Å². The molecule has 126 valence electrons. The summed E-state index contributed by atoms with van der Waals surface area (Å²) in [7, 11) is -3.84. The van der Waals surface area contributed by atoms with Crippen LogP contribution in [0.25, 0.3) is 0 Å². The number of hydrogen-bond donors (Lipinski definition) is 3. The summed E-state index contributed by atoms with van der Waals surface area (Å²) in [6, 6.07) is 5.42. The lowest BCUT2D eigenvalue weighted by molar-refractivity contribution is -0.143. The summed E-state index contributed by atoms with van der Waals surface area (Å²) in [5.41, 5.74) is 0.907. The molecule has 0 unspecified atom stereocenters. The SMILES string of the molecule is Cc1ccc(S(=O)(=O)N[C@@H]2C[C@H](C(=O)O)CN(C(=O)O)C2)cc1. The van der Waals surface area contributed by atoms with Crippen molar-refractivity contribution in [2.24, 2.45) is 5.92 Å². The number of benzene rings is 1. The fourth-order valence-electron chi connectivity index (χ4n) is 2.52. The number of rotatable bonds is 4. The molecule has 23 heavy (non-hydrogen) atoms. The zero-order chi connectivity index (χ0) is 17.2. The van der Waals surface area contributed by atoms with Gasteiger partial charge in [0.1, 0.15) is 0 Å². The van der Waals surface area contributed by atoms with Gasteiger partial charge in [0.2, 0.25) is 10.0 Å². The summed E-state index contributed by atoms with van der Waals surface area (Å²) < 4.78 is 27.1. The Kier molecular flexibility index (Phi) is 4.90. The molecule has 1 aliphatic heterocycles. The van der Waals surface area contributed by atoms with Crippen molar-refractivity contribution in [1.29, 1.82) is 0 Å². The van der Waals surface area contributed by atoms with Crippen LogP contribution in [0, 0.1) is 12.8 Å². The van der Waals surface area contributed by atoms with Crippen LogP contribution < -0.4 is 4.72 Å². The third-order valence-electron chi connectivity index (χ3n) is 3.72. The molecule has 1 heterocycles. The van der Waals surface area contributed by atoms with Gasteiger partial charge >= 0.3 is 12.1 Å². The maximum Gasteiger partial charge on any atom is 0.407 e. The molecule has 0 spiro atoms. The highest BCUT2D eigenvalue weighted by molar-refractivity contribution is 7.89. The van der Waals surface area contributed by atoms with E-state index in [9.17, 15) is 18.0 Å². The number of carboxylic acids is 1. The molecule has 1 aromatic rings. The van der Waals surface area contributed by atoms with E-state index in [0.717, 1.165) is 10.5 Å². The summed E-state index contributed by atoms with van der Waals surface area (Å²) in [5.74, 6) is -2.08. The number of aryl methyl sites for hydroxylation is 1. The summed E-state index contributed by atoms with van der Waals surface area (Å²) in [6.07, 6.45) is -1.22. The summed E-state index contributed by atoms with van der Waals surface area (Å²) in [6.45, 7) is 1.60. The zero-order valence-electron chi connectivity index (χ0n) is 12.5. The van der Waals surface area contributed by atoms with Gasteiger partial charge in [-0.15, -0.1) is 0 Å². The van der Waals surface area contributed by atoms with E-state index in [0.29, 0.717) is 0 Å².